The van der Waals surface area contributed by atoms with Gasteiger partial charge in [0.1, 0.15) is 29.5 Å². The number of halogens is 5. The molecule has 0 aliphatic rings. The summed E-state index contributed by atoms with van der Waals surface area (Å²) in [6.07, 6.45) is -3.53. The van der Waals surface area contributed by atoms with Crippen LogP contribution in [0.1, 0.15) is 16.1 Å². The minimum atomic E-state index is -4.55. The van der Waals surface area contributed by atoms with Gasteiger partial charge in [-0.25, -0.2) is 18.7 Å². The van der Waals surface area contributed by atoms with Crippen LogP contribution in [0.15, 0.2) is 54.9 Å². The van der Waals surface area contributed by atoms with E-state index in [1.165, 1.54) is 12.1 Å². The van der Waals surface area contributed by atoms with Crippen LogP contribution in [-0.2, 0) is 6.18 Å². The Labute approximate surface area is 155 Å². The first kappa shape index (κ1) is 19.2. The Balaban J connectivity index is 1.77. The molecule has 0 saturated carbocycles. The average Bonchev–Trinajstić information content (AvgIpc) is 2.64. The number of hydrogen-bond donors (Lipinski definition) is 2. The van der Waals surface area contributed by atoms with Crippen molar-refractivity contribution in [3.63, 3.8) is 0 Å². The van der Waals surface area contributed by atoms with E-state index in [4.69, 9.17) is 0 Å². The largest absolute Gasteiger partial charge is 0.416 e. The summed E-state index contributed by atoms with van der Waals surface area (Å²) in [5.74, 6) is -2.38. The van der Waals surface area contributed by atoms with Crippen molar-refractivity contribution in [3.05, 3.63) is 77.8 Å². The summed E-state index contributed by atoms with van der Waals surface area (Å²) in [4.78, 5) is 19.8. The first-order valence-corrected chi connectivity index (χ1v) is 7.75. The van der Waals surface area contributed by atoms with Crippen LogP contribution in [0.3, 0.4) is 0 Å². The highest BCUT2D eigenvalue weighted by atomic mass is 19.4. The SMILES string of the molecule is O=C(Nc1cccc(C(F)(F)F)c1)c1cc(Nc2ccc(F)cc2F)ncn1. The number of benzene rings is 2. The molecule has 0 radical (unpaired) electrons. The van der Waals surface area contributed by atoms with Crippen molar-refractivity contribution < 1.29 is 26.7 Å². The summed E-state index contributed by atoms with van der Waals surface area (Å²) in [7, 11) is 0. The first-order valence-electron chi connectivity index (χ1n) is 7.75. The summed E-state index contributed by atoms with van der Waals surface area (Å²) in [5.41, 5.74) is -1.23. The first-order chi connectivity index (χ1) is 13.2. The highest BCUT2D eigenvalue weighted by Gasteiger charge is 2.30. The van der Waals surface area contributed by atoms with Gasteiger partial charge >= 0.3 is 6.18 Å². The van der Waals surface area contributed by atoms with E-state index in [2.05, 4.69) is 20.6 Å². The van der Waals surface area contributed by atoms with Crippen molar-refractivity contribution >= 4 is 23.1 Å². The Kier molecular flexibility index (Phi) is 5.21. The molecule has 0 unspecified atom stereocenters. The summed E-state index contributed by atoms with van der Waals surface area (Å²) >= 11 is 0. The molecule has 2 N–H and O–H groups in total. The van der Waals surface area contributed by atoms with Crippen LogP contribution in [0, 0.1) is 11.6 Å². The van der Waals surface area contributed by atoms with Gasteiger partial charge in [-0.15, -0.1) is 0 Å². The highest BCUT2D eigenvalue weighted by molar-refractivity contribution is 6.03. The van der Waals surface area contributed by atoms with Gasteiger partial charge in [-0.2, -0.15) is 13.2 Å². The lowest BCUT2D eigenvalue weighted by Crippen LogP contribution is -2.15. The smallest absolute Gasteiger partial charge is 0.338 e. The van der Waals surface area contributed by atoms with Crippen LogP contribution < -0.4 is 10.6 Å². The molecule has 3 rings (SSSR count). The van der Waals surface area contributed by atoms with Crippen LogP contribution in [0.2, 0.25) is 0 Å². The molecule has 0 atom stereocenters. The molecular weight excluding hydrogens is 383 g/mol. The van der Waals surface area contributed by atoms with Crippen molar-refractivity contribution in [2.75, 3.05) is 10.6 Å². The van der Waals surface area contributed by atoms with E-state index in [0.717, 1.165) is 36.7 Å². The number of anilines is 3. The number of aromatic nitrogens is 2. The molecule has 0 bridgehead atoms. The minimum absolute atomic E-state index is 0.0368. The molecule has 10 heteroatoms. The summed E-state index contributed by atoms with van der Waals surface area (Å²) in [5, 5.41) is 4.87. The lowest BCUT2D eigenvalue weighted by atomic mass is 10.2. The van der Waals surface area contributed by atoms with Crippen LogP contribution >= 0.6 is 0 Å². The molecule has 1 amide bonds. The third-order valence-corrected chi connectivity index (χ3v) is 3.54. The van der Waals surface area contributed by atoms with Crippen molar-refractivity contribution in [3.8, 4) is 0 Å². The van der Waals surface area contributed by atoms with Crippen LogP contribution in [-0.4, -0.2) is 15.9 Å². The van der Waals surface area contributed by atoms with E-state index < -0.39 is 29.3 Å². The van der Waals surface area contributed by atoms with E-state index >= 15 is 0 Å². The molecule has 144 valence electrons. The fourth-order valence-corrected chi connectivity index (χ4v) is 2.25. The zero-order valence-electron chi connectivity index (χ0n) is 13.9. The number of alkyl halides is 3. The average molecular weight is 394 g/mol. The monoisotopic (exact) mass is 394 g/mol. The molecule has 28 heavy (non-hydrogen) atoms. The Bertz CT molecular complexity index is 1020. The maximum atomic E-state index is 13.7. The lowest BCUT2D eigenvalue weighted by Gasteiger charge is -2.10. The summed E-state index contributed by atoms with van der Waals surface area (Å²) < 4.78 is 64.9. The van der Waals surface area contributed by atoms with Gasteiger partial charge in [0.25, 0.3) is 5.91 Å². The third-order valence-electron chi connectivity index (χ3n) is 3.54. The Morgan fingerprint density at radius 3 is 2.46 bits per heavy atom. The minimum Gasteiger partial charge on any atom is -0.338 e. The number of nitrogens with zero attached hydrogens (tertiary/aromatic N) is 2. The van der Waals surface area contributed by atoms with Gasteiger partial charge in [0.15, 0.2) is 0 Å². The second-order valence-corrected chi connectivity index (χ2v) is 5.57. The summed E-state index contributed by atoms with van der Waals surface area (Å²) in [6, 6.07) is 8.13. The van der Waals surface area contributed by atoms with Gasteiger partial charge in [-0.05, 0) is 30.3 Å². The normalized spacial score (nSPS) is 11.2. The van der Waals surface area contributed by atoms with Crippen molar-refractivity contribution in [1.29, 1.82) is 0 Å². The van der Waals surface area contributed by atoms with Crippen molar-refractivity contribution in [1.82, 2.24) is 9.97 Å². The Morgan fingerprint density at radius 1 is 0.964 bits per heavy atom. The maximum Gasteiger partial charge on any atom is 0.416 e. The predicted octanol–water partition coefficient (Wildman–Crippen LogP) is 4.77. The van der Waals surface area contributed by atoms with E-state index in [9.17, 15) is 26.7 Å². The Morgan fingerprint density at radius 2 is 1.75 bits per heavy atom. The molecule has 3 aromatic rings. The zero-order valence-corrected chi connectivity index (χ0v) is 13.9. The number of amides is 1. The molecule has 0 saturated heterocycles. The van der Waals surface area contributed by atoms with Crippen molar-refractivity contribution in [2.45, 2.75) is 6.18 Å². The van der Waals surface area contributed by atoms with E-state index in [-0.39, 0.29) is 22.9 Å². The number of hydrogen-bond acceptors (Lipinski definition) is 4. The van der Waals surface area contributed by atoms with Crippen LogP contribution in [0.5, 0.6) is 0 Å². The van der Waals surface area contributed by atoms with E-state index in [0.29, 0.717) is 6.07 Å². The third kappa shape index (κ3) is 4.58. The fourth-order valence-electron chi connectivity index (χ4n) is 2.25. The standard InChI is InChI=1S/C18H11F5N4O/c19-11-4-5-14(13(20)7-11)27-16-8-15(24-9-25-16)17(28)26-12-3-1-2-10(6-12)18(21,22)23/h1-9H,(H,26,28)(H,24,25,27). The van der Waals surface area contributed by atoms with Gasteiger partial charge in [-0.1, -0.05) is 6.07 Å². The van der Waals surface area contributed by atoms with Gasteiger partial charge in [-0.3, -0.25) is 4.79 Å². The molecule has 0 fully saturated rings. The molecule has 2 aromatic carbocycles. The molecule has 5 nitrogen and oxygen atoms in total. The molecule has 0 aliphatic carbocycles. The van der Waals surface area contributed by atoms with Crippen molar-refractivity contribution in [2.24, 2.45) is 0 Å². The number of rotatable bonds is 4. The molecule has 1 heterocycles. The quantitative estimate of drug-likeness (QED) is 0.626. The molecule has 0 spiro atoms. The van der Waals surface area contributed by atoms with E-state index in [1.807, 2.05) is 0 Å². The van der Waals surface area contributed by atoms with Gasteiger partial charge in [0.2, 0.25) is 0 Å². The topological polar surface area (TPSA) is 66.9 Å². The van der Waals surface area contributed by atoms with Gasteiger partial charge < -0.3 is 10.6 Å². The summed E-state index contributed by atoms with van der Waals surface area (Å²) in [6.45, 7) is 0. The molecule has 0 aliphatic heterocycles. The molecular formula is C18H11F5N4O. The number of carbonyl (C=O) groups excluding carboxylic acids is 1. The number of carbonyl (C=O) groups is 1. The number of nitrogens with one attached hydrogen (secondary N) is 2. The second kappa shape index (κ2) is 7.59. The predicted molar refractivity (Wildman–Crippen MR) is 91.1 cm³/mol. The highest BCUT2D eigenvalue weighted by Crippen LogP contribution is 2.30. The fraction of sp³-hybridized carbons (Fsp3) is 0.0556. The molecule has 1 aromatic heterocycles. The van der Waals surface area contributed by atoms with Crippen LogP contribution in [0.25, 0.3) is 0 Å². The zero-order chi connectivity index (χ0) is 20.3. The Hall–Kier alpha value is -3.56. The maximum absolute atomic E-state index is 13.7. The lowest BCUT2D eigenvalue weighted by molar-refractivity contribution is -0.137. The second-order valence-electron chi connectivity index (χ2n) is 5.57. The van der Waals surface area contributed by atoms with E-state index in [1.54, 1.807) is 0 Å². The van der Waals surface area contributed by atoms with Gasteiger partial charge in [0.05, 0.1) is 11.3 Å². The van der Waals surface area contributed by atoms with Gasteiger partial charge in [0, 0.05) is 17.8 Å². The van der Waals surface area contributed by atoms with Crippen LogP contribution in [0.4, 0.5) is 39.1 Å².